The number of carbonyl (C=O) groups excluding carboxylic acids is 2. The molecule has 2 aliphatic heterocycles. The number of aliphatic hydroxyl groups is 2. The van der Waals surface area contributed by atoms with Gasteiger partial charge in [-0.3, -0.25) is 9.59 Å². The van der Waals surface area contributed by atoms with E-state index in [4.69, 9.17) is 42.3 Å². The Bertz CT molecular complexity index is 1840. The summed E-state index contributed by atoms with van der Waals surface area (Å²) in [5, 5.41) is 37.1. The predicted octanol–water partition coefficient (Wildman–Crippen LogP) is 9.49. The second-order valence-corrected chi connectivity index (χ2v) is 17.5. The van der Waals surface area contributed by atoms with Crippen molar-refractivity contribution in [3.63, 3.8) is 0 Å². The fourth-order valence-corrected chi connectivity index (χ4v) is 11.1. The number of hydrogen-bond acceptors (Lipinski definition) is 14. The molecule has 0 radical (unpaired) electrons. The van der Waals surface area contributed by atoms with Crippen molar-refractivity contribution in [2.75, 3.05) is 26.4 Å². The van der Waals surface area contributed by atoms with E-state index in [1.165, 1.54) is 47.0 Å². The first kappa shape index (κ1) is 42.9. The fraction of sp³-hybridized carbons (Fsp3) is 0.450. The Morgan fingerprint density at radius 3 is 1.29 bits per heavy atom. The number of hydrogen-bond donors (Lipinski definition) is 2. The average Bonchev–Trinajstić information content (AvgIpc) is 3.87. The molecule has 2 aromatic carbocycles. The van der Waals surface area contributed by atoms with Gasteiger partial charge >= 0.3 is 11.9 Å². The minimum atomic E-state index is -0.446. The summed E-state index contributed by atoms with van der Waals surface area (Å²) in [4.78, 5) is 36.3. The number of fused-ring (bicyclic) bond motifs is 2. The fourth-order valence-electron chi connectivity index (χ4n) is 6.11. The van der Waals surface area contributed by atoms with E-state index in [-0.39, 0.29) is 24.6 Å². The molecular weight excluding hydrogens is 793 g/mol. The van der Waals surface area contributed by atoms with E-state index in [1.54, 1.807) is 24.3 Å². The highest BCUT2D eigenvalue weighted by Gasteiger charge is 2.36. The van der Waals surface area contributed by atoms with Crippen LogP contribution in [0.4, 0.5) is 0 Å². The molecule has 0 unspecified atom stereocenters. The molecule has 0 amide bonds. The van der Waals surface area contributed by atoms with Gasteiger partial charge in [0.05, 0.1) is 78.4 Å². The van der Waals surface area contributed by atoms with E-state index in [1.807, 2.05) is 12.1 Å². The van der Waals surface area contributed by atoms with Gasteiger partial charge in [0.2, 0.25) is 0 Å². The molecule has 0 saturated heterocycles. The Morgan fingerprint density at radius 2 is 0.946 bits per heavy atom. The van der Waals surface area contributed by atoms with Crippen molar-refractivity contribution in [2.24, 2.45) is 11.8 Å². The maximum absolute atomic E-state index is 13.5. The number of benzene rings is 2. The molecule has 2 heterocycles. The summed E-state index contributed by atoms with van der Waals surface area (Å²) in [6.45, 7) is 16.1. The van der Waals surface area contributed by atoms with Crippen LogP contribution in [0.15, 0.2) is 63.7 Å². The molecule has 0 spiro atoms. The number of nitrogens with zero attached hydrogens (tertiary/aromatic N) is 4. The highest BCUT2D eigenvalue weighted by molar-refractivity contribution is 8.25. The van der Waals surface area contributed by atoms with Gasteiger partial charge in [-0.05, 0) is 88.5 Å². The Morgan fingerprint density at radius 1 is 0.607 bits per heavy atom. The maximum atomic E-state index is 13.5. The Labute approximate surface area is 343 Å². The first-order chi connectivity index (χ1) is 27.3. The minimum Gasteiger partial charge on any atom is -0.492 e. The first-order valence-electron chi connectivity index (χ1n) is 18.3. The van der Waals surface area contributed by atoms with E-state index in [2.05, 4.69) is 9.69 Å². The lowest BCUT2D eigenvalue weighted by atomic mass is 9.82. The number of allylic oxidation sites excluding steroid dienone is 2. The summed E-state index contributed by atoms with van der Waals surface area (Å²) >= 11 is 4.91. The van der Waals surface area contributed by atoms with Crippen LogP contribution in [0, 0.1) is 47.6 Å². The van der Waals surface area contributed by atoms with Gasteiger partial charge in [0, 0.05) is 13.2 Å². The van der Waals surface area contributed by atoms with Gasteiger partial charge < -0.3 is 29.2 Å². The van der Waals surface area contributed by atoms with Crippen LogP contribution in [-0.2, 0) is 9.59 Å². The smallest absolute Gasteiger partial charge is 0.314 e. The molecule has 0 atom stereocenters. The van der Waals surface area contributed by atoms with Crippen LogP contribution in [-0.4, -0.2) is 48.6 Å². The highest BCUT2D eigenvalue weighted by atomic mass is 32.2. The lowest BCUT2D eigenvalue weighted by Gasteiger charge is -2.26. The molecule has 56 heavy (non-hydrogen) atoms. The molecule has 0 bridgehead atoms. The van der Waals surface area contributed by atoms with Crippen molar-refractivity contribution in [3.05, 3.63) is 67.0 Å². The molecule has 16 heteroatoms. The standard InChI is InChI=1S/C40H40N4O8S4/c1-43-27(23-41)39-53-33-29(49-21-9-5-3-7-19-45)15-17-31(35(33)55-39)51-37(47)25-11-13-26(14-12-25)38(48)52-32-18-16-30(50-22-10-6-4-8-20-46)34-36(32)56-40(54-34)28(24-42)44-2/h15-18,25-26,45-46H,3-14,19-22H2/b39-27-,40-28+. The molecule has 3 aliphatic rings. The number of aliphatic hydroxyl groups excluding tert-OH is 2. The van der Waals surface area contributed by atoms with E-state index in [9.17, 15) is 20.1 Å². The summed E-state index contributed by atoms with van der Waals surface area (Å²) < 4.78 is 25.0. The molecular formula is C40H40N4O8S4. The molecule has 1 saturated carbocycles. The lowest BCUT2D eigenvalue weighted by molar-refractivity contribution is -0.145. The number of esters is 2. The van der Waals surface area contributed by atoms with Crippen LogP contribution in [0.25, 0.3) is 9.69 Å². The molecule has 292 valence electrons. The molecule has 0 aromatic heterocycles. The third-order valence-corrected chi connectivity index (χ3v) is 14.3. The van der Waals surface area contributed by atoms with Crippen molar-refractivity contribution < 1.29 is 38.7 Å². The summed E-state index contributed by atoms with van der Waals surface area (Å²) in [5.74, 6) is 0.0604. The number of unbranched alkanes of at least 4 members (excludes halogenated alkanes) is 6. The Hall–Kier alpha value is -4.26. The molecule has 1 aliphatic carbocycles. The van der Waals surface area contributed by atoms with Crippen LogP contribution in [0.5, 0.6) is 23.0 Å². The van der Waals surface area contributed by atoms with Crippen LogP contribution in [0.3, 0.4) is 0 Å². The zero-order chi connectivity index (χ0) is 39.9. The molecule has 2 N–H and O–H groups in total. The molecule has 2 aromatic rings. The number of thioether (sulfide) groups is 4. The van der Waals surface area contributed by atoms with Gasteiger partial charge in [-0.15, -0.1) is 0 Å². The summed E-state index contributed by atoms with van der Waals surface area (Å²) in [5.41, 5.74) is -0.0951. The van der Waals surface area contributed by atoms with E-state index in [0.717, 1.165) is 51.4 Å². The van der Waals surface area contributed by atoms with Crippen LogP contribution >= 0.6 is 47.0 Å². The van der Waals surface area contributed by atoms with Crippen molar-refractivity contribution >= 4 is 59.0 Å². The van der Waals surface area contributed by atoms with Crippen molar-refractivity contribution in [1.29, 1.82) is 10.5 Å². The third kappa shape index (κ3) is 11.0. The van der Waals surface area contributed by atoms with Gasteiger partial charge in [0.15, 0.2) is 0 Å². The number of rotatable bonds is 18. The molecule has 12 nitrogen and oxygen atoms in total. The Balaban J connectivity index is 1.21. The molecule has 5 rings (SSSR count). The van der Waals surface area contributed by atoms with Crippen molar-refractivity contribution in [3.8, 4) is 35.1 Å². The van der Waals surface area contributed by atoms with E-state index < -0.39 is 23.8 Å². The van der Waals surface area contributed by atoms with Crippen LogP contribution in [0.1, 0.15) is 77.0 Å². The van der Waals surface area contributed by atoms with Gasteiger partial charge in [0.25, 0.3) is 11.4 Å². The second kappa shape index (κ2) is 21.9. The van der Waals surface area contributed by atoms with Gasteiger partial charge in [-0.25, -0.2) is 20.2 Å². The van der Waals surface area contributed by atoms with Gasteiger partial charge in [-0.1, -0.05) is 59.9 Å². The monoisotopic (exact) mass is 832 g/mol. The second-order valence-electron chi connectivity index (χ2n) is 12.9. The number of ether oxygens (including phenoxy) is 4. The topological polar surface area (TPSA) is 168 Å². The third-order valence-electron chi connectivity index (χ3n) is 9.12. The summed E-state index contributed by atoms with van der Waals surface area (Å²) in [6, 6.07) is 10.7. The minimum absolute atomic E-state index is 0.0475. The van der Waals surface area contributed by atoms with E-state index in [0.29, 0.717) is 90.0 Å². The highest BCUT2D eigenvalue weighted by Crippen LogP contribution is 2.60. The van der Waals surface area contributed by atoms with Gasteiger partial charge in [-0.2, -0.15) is 0 Å². The van der Waals surface area contributed by atoms with Crippen LogP contribution < -0.4 is 18.9 Å². The SMILES string of the molecule is [C-]#[N+]/C(C#N)=C1/Sc2c(OCCCCCCO)ccc(OC(=O)C3CCC(C(=O)Oc4ccc(OCCCCCCO)c5c4S/C(=C(\C#N)[N+]#[C-])S5)CC3)c2S1. The Kier molecular flexibility index (Phi) is 16.8. The summed E-state index contributed by atoms with van der Waals surface area (Å²) in [6.07, 6.45) is 8.36. The first-order valence-corrected chi connectivity index (χ1v) is 21.6. The van der Waals surface area contributed by atoms with Crippen LogP contribution in [0.2, 0.25) is 0 Å². The van der Waals surface area contributed by atoms with E-state index >= 15 is 0 Å². The largest absolute Gasteiger partial charge is 0.492 e. The maximum Gasteiger partial charge on any atom is 0.314 e. The number of nitriles is 2. The number of carbonyl (C=O) groups is 2. The zero-order valence-corrected chi connectivity index (χ0v) is 33.8. The predicted molar refractivity (Wildman–Crippen MR) is 214 cm³/mol. The van der Waals surface area contributed by atoms with Crippen molar-refractivity contribution in [2.45, 2.75) is 96.6 Å². The average molecular weight is 833 g/mol. The normalized spacial score (nSPS) is 18.6. The summed E-state index contributed by atoms with van der Waals surface area (Å²) in [7, 11) is 0. The lowest BCUT2D eigenvalue weighted by Crippen LogP contribution is -2.30. The quantitative estimate of drug-likeness (QED) is 0.0479. The van der Waals surface area contributed by atoms with Crippen molar-refractivity contribution in [1.82, 2.24) is 0 Å². The zero-order valence-electron chi connectivity index (χ0n) is 30.5. The molecule has 1 fully saturated rings. The van der Waals surface area contributed by atoms with Gasteiger partial charge in [0.1, 0.15) is 23.0 Å².